The van der Waals surface area contributed by atoms with Crippen LogP contribution in [-0.4, -0.2) is 38.8 Å². The molecule has 0 spiro atoms. The first kappa shape index (κ1) is 15.5. The van der Waals surface area contributed by atoms with Crippen molar-refractivity contribution in [2.45, 2.75) is 0 Å². The molecule has 9 nitrogen and oxygen atoms in total. The monoisotopic (exact) mass is 364 g/mol. The number of anilines is 1. The van der Waals surface area contributed by atoms with Crippen LogP contribution in [0.25, 0.3) is 5.57 Å². The predicted octanol–water partition coefficient (Wildman–Crippen LogP) is 1.43. The van der Waals surface area contributed by atoms with Crippen molar-refractivity contribution in [3.8, 4) is 11.8 Å². The Kier molecular flexibility index (Phi) is 4.70. The largest absolute Gasteiger partial charge is 0.506 e. The van der Waals surface area contributed by atoms with E-state index in [2.05, 4.69) is 46.6 Å². The third-order valence-electron chi connectivity index (χ3n) is 2.60. The molecular weight excluding hydrogens is 356 g/mol. The highest BCUT2D eigenvalue weighted by atomic mass is 79.9. The zero-order valence-corrected chi connectivity index (χ0v) is 12.7. The molecule has 2 aromatic rings. The fourth-order valence-corrected chi connectivity index (χ4v) is 1.98. The molecule has 3 N–H and O–H groups in total. The van der Waals surface area contributed by atoms with Gasteiger partial charge in [-0.05, 0) is 33.3 Å². The Bertz CT molecular complexity index is 766. The van der Waals surface area contributed by atoms with E-state index in [1.54, 1.807) is 0 Å². The number of halogens is 1. The topological polar surface area (TPSA) is 137 Å². The molecule has 1 aromatic carbocycles. The summed E-state index contributed by atoms with van der Waals surface area (Å²) in [7, 11) is 1.22. The van der Waals surface area contributed by atoms with Crippen molar-refractivity contribution in [2.24, 2.45) is 0 Å². The quantitative estimate of drug-likeness (QED) is 0.547. The number of allylic oxidation sites excluding steroid dienone is 1. The predicted molar refractivity (Wildman–Crippen MR) is 78.5 cm³/mol. The third kappa shape index (κ3) is 3.04. The van der Waals surface area contributed by atoms with Gasteiger partial charge >= 0.3 is 5.97 Å². The van der Waals surface area contributed by atoms with Gasteiger partial charge in [-0.15, -0.1) is 10.2 Å². The lowest BCUT2D eigenvalue weighted by molar-refractivity contribution is 0.0597. The number of ether oxygens (including phenoxy) is 1. The van der Waals surface area contributed by atoms with E-state index in [0.29, 0.717) is 5.69 Å². The van der Waals surface area contributed by atoms with Gasteiger partial charge in [0.2, 0.25) is 5.82 Å². The van der Waals surface area contributed by atoms with Gasteiger partial charge in [-0.25, -0.2) is 4.79 Å². The number of aromatic amines is 1. The number of phenols is 1. The minimum atomic E-state index is -0.662. The maximum Gasteiger partial charge on any atom is 0.341 e. The first-order valence-electron chi connectivity index (χ1n) is 5.79. The number of tetrazole rings is 1. The molecule has 0 aliphatic rings. The number of phenolic OH excluding ortho intramolecular Hbond substituents is 1. The molecule has 0 aliphatic heterocycles. The van der Waals surface area contributed by atoms with E-state index < -0.39 is 5.97 Å². The van der Waals surface area contributed by atoms with Gasteiger partial charge in [-0.1, -0.05) is 0 Å². The lowest BCUT2D eigenvalue weighted by Crippen LogP contribution is -2.03. The normalized spacial score (nSPS) is 10.9. The molecule has 0 unspecified atom stereocenters. The van der Waals surface area contributed by atoms with Gasteiger partial charge in [0.05, 0.1) is 17.3 Å². The number of H-pyrrole nitrogens is 1. The number of carbonyl (C=O) groups is 1. The van der Waals surface area contributed by atoms with E-state index in [4.69, 9.17) is 5.26 Å². The van der Waals surface area contributed by atoms with Gasteiger partial charge in [0.1, 0.15) is 23.0 Å². The number of methoxy groups -OCH3 is 1. The lowest BCUT2D eigenvalue weighted by Gasteiger charge is -2.09. The van der Waals surface area contributed by atoms with Gasteiger partial charge in [0.25, 0.3) is 0 Å². The summed E-state index contributed by atoms with van der Waals surface area (Å²) in [5, 5.41) is 34.8. The maximum atomic E-state index is 11.5. The van der Waals surface area contributed by atoms with Crippen molar-refractivity contribution in [3.05, 3.63) is 34.2 Å². The number of aromatic nitrogens is 4. The second kappa shape index (κ2) is 6.68. The van der Waals surface area contributed by atoms with Crippen LogP contribution >= 0.6 is 15.9 Å². The molecular formula is C12H9BrN6O3. The Hall–Kier alpha value is -2.93. The summed E-state index contributed by atoms with van der Waals surface area (Å²) in [6.07, 6.45) is 1.35. The van der Waals surface area contributed by atoms with Gasteiger partial charge in [-0.3, -0.25) is 0 Å². The lowest BCUT2D eigenvalue weighted by atomic mass is 10.2. The summed E-state index contributed by atoms with van der Waals surface area (Å²) in [5.41, 5.74) is 0.584. The SMILES string of the molecule is COC(=O)c1ccc(NC=C(C#N)c2nn[nH]n2)c(Br)c1O. The highest BCUT2D eigenvalue weighted by Crippen LogP contribution is 2.35. The summed E-state index contributed by atoms with van der Waals surface area (Å²) < 4.78 is 4.80. The number of aromatic hydroxyl groups is 1. The average Bonchev–Trinajstić information content (AvgIpc) is 3.05. The highest BCUT2D eigenvalue weighted by Gasteiger charge is 2.16. The number of hydrogen-bond donors (Lipinski definition) is 3. The van der Waals surface area contributed by atoms with Crippen molar-refractivity contribution < 1.29 is 14.6 Å². The highest BCUT2D eigenvalue weighted by molar-refractivity contribution is 9.10. The number of esters is 1. The summed E-state index contributed by atoms with van der Waals surface area (Å²) in [6, 6.07) is 4.84. The van der Waals surface area contributed by atoms with E-state index >= 15 is 0 Å². The Balaban J connectivity index is 2.30. The van der Waals surface area contributed by atoms with Crippen LogP contribution in [0.3, 0.4) is 0 Å². The standard InChI is InChI=1S/C12H9BrN6O3/c1-22-12(21)7-2-3-8(9(13)10(7)20)15-5-6(4-14)11-16-18-19-17-11/h2-3,5,15,20H,1H3,(H,16,17,18,19). The van der Waals surface area contributed by atoms with Gasteiger partial charge in [0.15, 0.2) is 0 Å². The first-order chi connectivity index (χ1) is 10.6. The molecule has 10 heteroatoms. The molecule has 1 heterocycles. The van der Waals surface area contributed by atoms with Crippen molar-refractivity contribution >= 4 is 33.2 Å². The maximum absolute atomic E-state index is 11.5. The summed E-state index contributed by atoms with van der Waals surface area (Å²) in [5.74, 6) is -0.811. The van der Waals surface area contributed by atoms with Crippen molar-refractivity contribution in [1.29, 1.82) is 5.26 Å². The zero-order valence-electron chi connectivity index (χ0n) is 11.2. The molecule has 1 aromatic heterocycles. The van der Waals surface area contributed by atoms with Crippen LogP contribution in [0.4, 0.5) is 5.69 Å². The molecule has 0 radical (unpaired) electrons. The molecule has 0 amide bonds. The van der Waals surface area contributed by atoms with Crippen LogP contribution in [0.5, 0.6) is 5.75 Å². The Morgan fingerprint density at radius 3 is 2.95 bits per heavy atom. The van der Waals surface area contributed by atoms with Crippen LogP contribution in [0.2, 0.25) is 0 Å². The van der Waals surface area contributed by atoms with E-state index in [1.807, 2.05) is 6.07 Å². The van der Waals surface area contributed by atoms with E-state index in [9.17, 15) is 9.90 Å². The fourth-order valence-electron chi connectivity index (χ4n) is 1.52. The Labute approximate surface area is 132 Å². The van der Waals surface area contributed by atoms with Gasteiger partial charge < -0.3 is 15.2 Å². The second-order valence-electron chi connectivity index (χ2n) is 3.86. The van der Waals surface area contributed by atoms with Crippen molar-refractivity contribution in [3.63, 3.8) is 0 Å². The summed E-state index contributed by atoms with van der Waals surface area (Å²) in [4.78, 5) is 11.5. The van der Waals surface area contributed by atoms with Gasteiger partial charge in [0, 0.05) is 6.20 Å². The van der Waals surface area contributed by atoms with E-state index in [1.165, 1.54) is 25.4 Å². The van der Waals surface area contributed by atoms with Crippen molar-refractivity contribution in [1.82, 2.24) is 20.6 Å². The number of nitrogens with one attached hydrogen (secondary N) is 2. The molecule has 0 saturated carbocycles. The zero-order chi connectivity index (χ0) is 16.1. The third-order valence-corrected chi connectivity index (χ3v) is 3.40. The van der Waals surface area contributed by atoms with Crippen LogP contribution in [0.1, 0.15) is 16.2 Å². The molecule has 0 aliphatic carbocycles. The fraction of sp³-hybridized carbons (Fsp3) is 0.0833. The molecule has 0 bridgehead atoms. The molecule has 22 heavy (non-hydrogen) atoms. The molecule has 0 fully saturated rings. The van der Waals surface area contributed by atoms with Crippen LogP contribution < -0.4 is 5.32 Å². The number of hydrogen-bond acceptors (Lipinski definition) is 8. The number of nitrogens with zero attached hydrogens (tertiary/aromatic N) is 4. The van der Waals surface area contributed by atoms with Crippen LogP contribution in [-0.2, 0) is 4.74 Å². The molecule has 0 saturated heterocycles. The Morgan fingerprint density at radius 1 is 1.59 bits per heavy atom. The smallest absolute Gasteiger partial charge is 0.341 e. The number of nitriles is 1. The first-order valence-corrected chi connectivity index (χ1v) is 6.58. The van der Waals surface area contributed by atoms with Crippen molar-refractivity contribution in [2.75, 3.05) is 12.4 Å². The van der Waals surface area contributed by atoms with Crippen LogP contribution in [0, 0.1) is 11.3 Å². The second-order valence-corrected chi connectivity index (χ2v) is 4.66. The van der Waals surface area contributed by atoms with E-state index in [-0.39, 0.29) is 27.2 Å². The number of benzene rings is 1. The Morgan fingerprint density at radius 2 is 2.36 bits per heavy atom. The number of rotatable bonds is 4. The molecule has 112 valence electrons. The minimum Gasteiger partial charge on any atom is -0.506 e. The number of carbonyl (C=O) groups excluding carboxylic acids is 1. The summed E-state index contributed by atoms with van der Waals surface area (Å²) in [6.45, 7) is 0. The van der Waals surface area contributed by atoms with Crippen LogP contribution in [0.15, 0.2) is 22.8 Å². The van der Waals surface area contributed by atoms with E-state index in [0.717, 1.165) is 0 Å². The molecule has 0 atom stereocenters. The minimum absolute atomic E-state index is 0.0163. The van der Waals surface area contributed by atoms with Gasteiger partial charge in [-0.2, -0.15) is 10.5 Å². The average molecular weight is 365 g/mol. The summed E-state index contributed by atoms with van der Waals surface area (Å²) >= 11 is 3.17. The molecule has 2 rings (SSSR count).